The molecule has 0 aromatic heterocycles. The lowest BCUT2D eigenvalue weighted by atomic mass is 9.99. The minimum atomic E-state index is -1.23. The maximum absolute atomic E-state index is 11.1. The van der Waals surface area contributed by atoms with Gasteiger partial charge in [-0.25, -0.2) is 14.4 Å². The molecule has 3 N–H and O–H groups in total. The zero-order valence-corrected chi connectivity index (χ0v) is 12.9. The van der Waals surface area contributed by atoms with Gasteiger partial charge in [0.15, 0.2) is 0 Å². The van der Waals surface area contributed by atoms with Crippen molar-refractivity contribution in [1.29, 1.82) is 0 Å². The number of carbonyl (C=O) groups is 3. The fraction of sp³-hybridized carbons (Fsp3) is 0. The molecule has 3 aromatic rings. The van der Waals surface area contributed by atoms with E-state index in [2.05, 4.69) is 0 Å². The van der Waals surface area contributed by atoms with E-state index in [0.29, 0.717) is 16.3 Å². The Labute approximate surface area is 142 Å². The van der Waals surface area contributed by atoms with Crippen LogP contribution in [0.3, 0.4) is 0 Å². The molecule has 0 aliphatic carbocycles. The van der Waals surface area contributed by atoms with Gasteiger partial charge in [-0.2, -0.15) is 0 Å². The molecule has 0 saturated carbocycles. The third kappa shape index (κ3) is 4.20. The smallest absolute Gasteiger partial charge is 0.337 e. The first-order valence-electron chi connectivity index (χ1n) is 7.18. The molecule has 25 heavy (non-hydrogen) atoms. The number of rotatable bonds is 3. The van der Waals surface area contributed by atoms with Crippen LogP contribution in [0.2, 0.25) is 0 Å². The first-order valence-corrected chi connectivity index (χ1v) is 7.18. The van der Waals surface area contributed by atoms with Crippen molar-refractivity contribution in [3.63, 3.8) is 0 Å². The van der Waals surface area contributed by atoms with Gasteiger partial charge in [0.1, 0.15) is 0 Å². The molecule has 0 spiro atoms. The van der Waals surface area contributed by atoms with Crippen molar-refractivity contribution < 1.29 is 29.7 Å². The molecule has 0 radical (unpaired) electrons. The fourth-order valence-electron chi connectivity index (χ4n) is 2.26. The molecule has 0 aliphatic rings. The van der Waals surface area contributed by atoms with E-state index in [1.165, 1.54) is 6.07 Å². The summed E-state index contributed by atoms with van der Waals surface area (Å²) in [5, 5.41) is 27.5. The van der Waals surface area contributed by atoms with Crippen LogP contribution in [0.25, 0.3) is 10.8 Å². The van der Waals surface area contributed by atoms with Crippen molar-refractivity contribution in [3.05, 3.63) is 83.4 Å². The molecule has 0 bridgehead atoms. The van der Waals surface area contributed by atoms with Crippen molar-refractivity contribution >= 4 is 28.7 Å². The Bertz CT molecular complexity index is 931. The summed E-state index contributed by atoms with van der Waals surface area (Å²) in [6, 6.07) is 18.0. The Hall–Kier alpha value is -3.67. The number of hydrogen-bond acceptors (Lipinski definition) is 3. The Kier molecular flexibility index (Phi) is 5.47. The number of aromatic carboxylic acids is 3. The van der Waals surface area contributed by atoms with E-state index in [-0.39, 0.29) is 11.1 Å². The second kappa shape index (κ2) is 7.74. The maximum Gasteiger partial charge on any atom is 0.337 e. The van der Waals surface area contributed by atoms with Gasteiger partial charge >= 0.3 is 17.9 Å². The largest absolute Gasteiger partial charge is 0.478 e. The molecule has 126 valence electrons. The van der Waals surface area contributed by atoms with Crippen LogP contribution in [0.5, 0.6) is 0 Å². The number of hydrogen-bond donors (Lipinski definition) is 3. The van der Waals surface area contributed by atoms with E-state index >= 15 is 0 Å². The highest BCUT2D eigenvalue weighted by Crippen LogP contribution is 2.22. The van der Waals surface area contributed by atoms with Crippen LogP contribution < -0.4 is 0 Å². The molecule has 3 rings (SSSR count). The highest BCUT2D eigenvalue weighted by molar-refractivity contribution is 6.11. The summed E-state index contributed by atoms with van der Waals surface area (Å²) in [6.45, 7) is 0. The monoisotopic (exact) mass is 338 g/mol. The molecular weight excluding hydrogens is 324 g/mol. The average Bonchev–Trinajstić information content (AvgIpc) is 2.61. The van der Waals surface area contributed by atoms with Crippen LogP contribution >= 0.6 is 0 Å². The summed E-state index contributed by atoms with van der Waals surface area (Å²) in [6.07, 6.45) is 0. The lowest BCUT2D eigenvalue weighted by molar-refractivity contribution is 0.0653. The van der Waals surface area contributed by atoms with Crippen LogP contribution in [0.4, 0.5) is 0 Å². The molecule has 3 aromatic carbocycles. The third-order valence-corrected chi connectivity index (χ3v) is 3.39. The van der Waals surface area contributed by atoms with E-state index in [0.717, 1.165) is 0 Å². The molecule has 0 unspecified atom stereocenters. The van der Waals surface area contributed by atoms with Crippen LogP contribution in [0.1, 0.15) is 31.1 Å². The van der Waals surface area contributed by atoms with E-state index in [1.807, 2.05) is 0 Å². The molecule has 0 atom stereocenters. The van der Waals surface area contributed by atoms with Crippen LogP contribution in [0, 0.1) is 0 Å². The Morgan fingerprint density at radius 3 is 1.72 bits per heavy atom. The van der Waals surface area contributed by atoms with Crippen LogP contribution in [-0.2, 0) is 0 Å². The van der Waals surface area contributed by atoms with Crippen molar-refractivity contribution in [1.82, 2.24) is 0 Å². The minimum Gasteiger partial charge on any atom is -0.478 e. The Morgan fingerprint density at radius 2 is 1.20 bits per heavy atom. The molecule has 6 nitrogen and oxygen atoms in total. The summed E-state index contributed by atoms with van der Waals surface area (Å²) in [7, 11) is 0. The van der Waals surface area contributed by atoms with Crippen LogP contribution in [0.15, 0.2) is 66.7 Å². The zero-order chi connectivity index (χ0) is 18.4. The second-order valence-electron chi connectivity index (χ2n) is 4.99. The standard InChI is InChI=1S/C12H8O4.C7H6O2/c13-11(14)9-6-5-7-3-1-2-4-8(7)10(9)12(15)16;8-7(9)6-4-2-1-3-5-6/h1-6H,(H,13,14)(H,15,16);1-5H,(H,8,9). The predicted octanol–water partition coefficient (Wildman–Crippen LogP) is 3.62. The summed E-state index contributed by atoms with van der Waals surface area (Å²) < 4.78 is 0. The van der Waals surface area contributed by atoms with Gasteiger partial charge in [-0.3, -0.25) is 0 Å². The van der Waals surface area contributed by atoms with Gasteiger partial charge in [0.2, 0.25) is 0 Å². The quantitative estimate of drug-likeness (QED) is 0.672. The third-order valence-electron chi connectivity index (χ3n) is 3.39. The van der Waals surface area contributed by atoms with E-state index in [1.54, 1.807) is 60.7 Å². The van der Waals surface area contributed by atoms with E-state index < -0.39 is 17.9 Å². The lowest BCUT2D eigenvalue weighted by Crippen LogP contribution is -2.08. The Morgan fingerprint density at radius 1 is 0.600 bits per heavy atom. The van der Waals surface area contributed by atoms with Crippen molar-refractivity contribution in [2.75, 3.05) is 0 Å². The van der Waals surface area contributed by atoms with Crippen LogP contribution in [-0.4, -0.2) is 33.2 Å². The van der Waals surface area contributed by atoms with E-state index in [9.17, 15) is 14.4 Å². The summed E-state index contributed by atoms with van der Waals surface area (Å²) in [5.41, 5.74) is -0.0192. The molecule has 0 heterocycles. The van der Waals surface area contributed by atoms with Crippen molar-refractivity contribution in [2.45, 2.75) is 0 Å². The topological polar surface area (TPSA) is 112 Å². The summed E-state index contributed by atoms with van der Waals surface area (Å²) in [5.74, 6) is -3.34. The van der Waals surface area contributed by atoms with Gasteiger partial charge in [-0.1, -0.05) is 48.5 Å². The van der Waals surface area contributed by atoms with Gasteiger partial charge in [-0.05, 0) is 29.0 Å². The summed E-state index contributed by atoms with van der Waals surface area (Å²) >= 11 is 0. The van der Waals surface area contributed by atoms with Gasteiger partial charge in [0, 0.05) is 0 Å². The SMILES string of the molecule is O=C(O)c1ccc2ccccc2c1C(=O)O.O=C(O)c1ccccc1. The minimum absolute atomic E-state index is 0.161. The molecule has 0 saturated heterocycles. The highest BCUT2D eigenvalue weighted by Gasteiger charge is 2.18. The molecule has 6 heteroatoms. The van der Waals surface area contributed by atoms with Gasteiger partial charge in [0.05, 0.1) is 16.7 Å². The fourth-order valence-corrected chi connectivity index (χ4v) is 2.26. The van der Waals surface area contributed by atoms with Crippen molar-refractivity contribution in [2.24, 2.45) is 0 Å². The van der Waals surface area contributed by atoms with Gasteiger partial charge < -0.3 is 15.3 Å². The maximum atomic E-state index is 11.1. The molecule has 0 fully saturated rings. The number of benzene rings is 3. The number of fused-ring (bicyclic) bond motifs is 1. The Balaban J connectivity index is 0.000000212. The predicted molar refractivity (Wildman–Crippen MR) is 91.3 cm³/mol. The number of carboxylic acids is 3. The second-order valence-corrected chi connectivity index (χ2v) is 4.99. The van der Waals surface area contributed by atoms with Crippen molar-refractivity contribution in [3.8, 4) is 0 Å². The summed E-state index contributed by atoms with van der Waals surface area (Å²) in [4.78, 5) is 32.2. The molecular formula is C19H14O6. The first kappa shape index (κ1) is 17.7. The zero-order valence-electron chi connectivity index (χ0n) is 12.9. The first-order chi connectivity index (χ1) is 11.9. The molecule has 0 amide bonds. The number of carboxylic acid groups (broad SMARTS) is 3. The van der Waals surface area contributed by atoms with E-state index in [4.69, 9.17) is 15.3 Å². The van der Waals surface area contributed by atoms with Gasteiger partial charge in [0.25, 0.3) is 0 Å². The normalized spacial score (nSPS) is 9.76. The molecule has 0 aliphatic heterocycles. The average molecular weight is 338 g/mol. The highest BCUT2D eigenvalue weighted by atomic mass is 16.4. The van der Waals surface area contributed by atoms with Gasteiger partial charge in [-0.15, -0.1) is 0 Å². The lowest BCUT2D eigenvalue weighted by Gasteiger charge is -2.05.